The summed E-state index contributed by atoms with van der Waals surface area (Å²) in [7, 11) is 0. The van der Waals surface area contributed by atoms with Crippen LogP contribution in [0.4, 0.5) is 0 Å². The van der Waals surface area contributed by atoms with Crippen LogP contribution in [0.15, 0.2) is 98.1 Å². The summed E-state index contributed by atoms with van der Waals surface area (Å²) in [6.45, 7) is 8.41. The van der Waals surface area contributed by atoms with Gasteiger partial charge >= 0.3 is 0 Å². The lowest BCUT2D eigenvalue weighted by molar-refractivity contribution is 1.51. The molecule has 0 atom stereocenters. The van der Waals surface area contributed by atoms with Crippen LogP contribution in [0.1, 0.15) is 22.3 Å². The van der Waals surface area contributed by atoms with Crippen LogP contribution >= 0.6 is 0 Å². The minimum atomic E-state index is 1.04. The molecule has 106 valence electrons. The summed E-state index contributed by atoms with van der Waals surface area (Å²) < 4.78 is 0. The maximum Gasteiger partial charge on any atom is -0.0183 e. The standard InChI is InChI=1S/C22H18/c1-17(19-9-5-3-6-10-19)21-13-15-22(16-14-21)18(2)20-11-7-4-8-12-20/h3-16H,1-2H2. The van der Waals surface area contributed by atoms with Gasteiger partial charge in [0.25, 0.3) is 0 Å². The predicted molar refractivity (Wildman–Crippen MR) is 95.6 cm³/mol. The zero-order valence-corrected chi connectivity index (χ0v) is 12.5. The largest absolute Gasteiger partial charge is 0.0906 e. The Hall–Kier alpha value is -2.86. The quantitative estimate of drug-likeness (QED) is 0.566. The maximum atomic E-state index is 4.21. The minimum absolute atomic E-state index is 1.04. The molecule has 0 heteroatoms. The molecule has 0 aliphatic heterocycles. The van der Waals surface area contributed by atoms with Crippen LogP contribution < -0.4 is 0 Å². The highest BCUT2D eigenvalue weighted by molar-refractivity contribution is 5.81. The van der Waals surface area contributed by atoms with Crippen molar-refractivity contribution in [1.29, 1.82) is 0 Å². The van der Waals surface area contributed by atoms with Gasteiger partial charge in [-0.25, -0.2) is 0 Å². The lowest BCUT2D eigenvalue weighted by atomic mass is 9.95. The van der Waals surface area contributed by atoms with Gasteiger partial charge < -0.3 is 0 Å². The van der Waals surface area contributed by atoms with E-state index in [9.17, 15) is 0 Å². The van der Waals surface area contributed by atoms with Crippen LogP contribution in [0.3, 0.4) is 0 Å². The first kappa shape index (κ1) is 14.1. The highest BCUT2D eigenvalue weighted by Crippen LogP contribution is 2.25. The van der Waals surface area contributed by atoms with E-state index in [4.69, 9.17) is 0 Å². The van der Waals surface area contributed by atoms with Gasteiger partial charge in [0.05, 0.1) is 0 Å². The van der Waals surface area contributed by atoms with Gasteiger partial charge in [-0.1, -0.05) is 98.1 Å². The first-order valence-corrected chi connectivity index (χ1v) is 7.35. The molecule has 0 spiro atoms. The van der Waals surface area contributed by atoms with Crippen LogP contribution in [-0.4, -0.2) is 0 Å². The van der Waals surface area contributed by atoms with E-state index >= 15 is 0 Å². The molecule has 3 rings (SSSR count). The lowest BCUT2D eigenvalue weighted by Crippen LogP contribution is -1.89. The van der Waals surface area contributed by atoms with Crippen molar-refractivity contribution in [2.75, 3.05) is 0 Å². The average molecular weight is 282 g/mol. The van der Waals surface area contributed by atoms with Gasteiger partial charge in [0.15, 0.2) is 0 Å². The summed E-state index contributed by atoms with van der Waals surface area (Å²) in [5.41, 5.74) is 6.65. The van der Waals surface area contributed by atoms with E-state index in [1.807, 2.05) is 36.4 Å². The molecule has 0 heterocycles. The number of rotatable bonds is 4. The summed E-state index contributed by atoms with van der Waals surface area (Å²) in [6.07, 6.45) is 0. The maximum absolute atomic E-state index is 4.21. The molecule has 0 radical (unpaired) electrons. The normalized spacial score (nSPS) is 10.2. The topological polar surface area (TPSA) is 0 Å². The Balaban J connectivity index is 1.84. The van der Waals surface area contributed by atoms with Crippen molar-refractivity contribution in [2.45, 2.75) is 0 Å². The number of hydrogen-bond acceptors (Lipinski definition) is 0. The molecule has 0 aliphatic rings. The Morgan fingerprint density at radius 2 is 0.682 bits per heavy atom. The van der Waals surface area contributed by atoms with Crippen molar-refractivity contribution < 1.29 is 0 Å². The summed E-state index contributed by atoms with van der Waals surface area (Å²) in [4.78, 5) is 0. The Morgan fingerprint density at radius 1 is 0.409 bits per heavy atom. The van der Waals surface area contributed by atoms with Gasteiger partial charge in [0, 0.05) is 0 Å². The summed E-state index contributed by atoms with van der Waals surface area (Å²) in [5, 5.41) is 0. The molecular weight excluding hydrogens is 264 g/mol. The SMILES string of the molecule is C=C(c1ccccc1)c1ccc(C(=C)c2ccccc2)cc1. The Labute approximate surface area is 132 Å². The van der Waals surface area contributed by atoms with Gasteiger partial charge in [-0.3, -0.25) is 0 Å². The monoisotopic (exact) mass is 282 g/mol. The molecule has 0 saturated carbocycles. The first-order chi connectivity index (χ1) is 10.8. The van der Waals surface area contributed by atoms with E-state index in [0.29, 0.717) is 0 Å². The van der Waals surface area contributed by atoms with Gasteiger partial charge in [-0.05, 0) is 33.4 Å². The van der Waals surface area contributed by atoms with Crippen LogP contribution in [0.5, 0.6) is 0 Å². The molecule has 0 fully saturated rings. The smallest absolute Gasteiger partial charge is 0.0183 e. The molecule has 0 aliphatic carbocycles. The lowest BCUT2D eigenvalue weighted by Gasteiger charge is -2.09. The van der Waals surface area contributed by atoms with Crippen LogP contribution in [-0.2, 0) is 0 Å². The van der Waals surface area contributed by atoms with Gasteiger partial charge in [0.2, 0.25) is 0 Å². The second-order valence-corrected chi connectivity index (χ2v) is 5.27. The fraction of sp³-hybridized carbons (Fsp3) is 0. The molecule has 0 nitrogen and oxygen atoms in total. The summed E-state index contributed by atoms with van der Waals surface area (Å²) in [5.74, 6) is 0. The molecule has 22 heavy (non-hydrogen) atoms. The van der Waals surface area contributed by atoms with Crippen molar-refractivity contribution in [2.24, 2.45) is 0 Å². The first-order valence-electron chi connectivity index (χ1n) is 7.35. The van der Waals surface area contributed by atoms with Crippen molar-refractivity contribution >= 4 is 11.1 Å². The molecule has 0 unspecified atom stereocenters. The third-order valence-corrected chi connectivity index (χ3v) is 3.83. The number of hydrogen-bond donors (Lipinski definition) is 0. The van der Waals surface area contributed by atoms with Crippen molar-refractivity contribution in [3.05, 3.63) is 120 Å². The van der Waals surface area contributed by atoms with E-state index in [-0.39, 0.29) is 0 Å². The second-order valence-electron chi connectivity index (χ2n) is 5.27. The molecule has 0 aromatic heterocycles. The van der Waals surface area contributed by atoms with E-state index in [1.54, 1.807) is 0 Å². The average Bonchev–Trinajstić information content (AvgIpc) is 2.62. The zero-order valence-electron chi connectivity index (χ0n) is 12.5. The highest BCUT2D eigenvalue weighted by atomic mass is 14.1. The van der Waals surface area contributed by atoms with Crippen molar-refractivity contribution in [1.82, 2.24) is 0 Å². The molecule has 3 aromatic rings. The van der Waals surface area contributed by atoms with Crippen molar-refractivity contribution in [3.63, 3.8) is 0 Å². The molecular formula is C22H18. The van der Waals surface area contributed by atoms with E-state index < -0.39 is 0 Å². The van der Waals surface area contributed by atoms with E-state index in [2.05, 4.69) is 61.7 Å². The molecule has 0 N–H and O–H groups in total. The fourth-order valence-electron chi connectivity index (χ4n) is 2.48. The third-order valence-electron chi connectivity index (χ3n) is 3.83. The summed E-state index contributed by atoms with van der Waals surface area (Å²) in [6, 6.07) is 28.9. The minimum Gasteiger partial charge on any atom is -0.0906 e. The van der Waals surface area contributed by atoms with Crippen molar-refractivity contribution in [3.8, 4) is 0 Å². The van der Waals surface area contributed by atoms with E-state index in [1.165, 1.54) is 0 Å². The molecule has 0 saturated heterocycles. The summed E-state index contributed by atoms with van der Waals surface area (Å²) >= 11 is 0. The van der Waals surface area contributed by atoms with E-state index in [0.717, 1.165) is 33.4 Å². The van der Waals surface area contributed by atoms with Crippen LogP contribution in [0, 0.1) is 0 Å². The second kappa shape index (κ2) is 6.28. The van der Waals surface area contributed by atoms with Gasteiger partial charge in [-0.2, -0.15) is 0 Å². The highest BCUT2D eigenvalue weighted by Gasteiger charge is 2.05. The fourth-order valence-corrected chi connectivity index (χ4v) is 2.48. The van der Waals surface area contributed by atoms with Crippen LogP contribution in [0.2, 0.25) is 0 Å². The van der Waals surface area contributed by atoms with Gasteiger partial charge in [-0.15, -0.1) is 0 Å². The Morgan fingerprint density at radius 3 is 1.00 bits per heavy atom. The Kier molecular flexibility index (Phi) is 4.02. The van der Waals surface area contributed by atoms with Crippen LogP contribution in [0.25, 0.3) is 11.1 Å². The molecule has 0 bridgehead atoms. The predicted octanol–water partition coefficient (Wildman–Crippen LogP) is 5.81. The van der Waals surface area contributed by atoms with Gasteiger partial charge in [0.1, 0.15) is 0 Å². The Bertz CT molecular complexity index is 708. The number of benzene rings is 3. The zero-order chi connectivity index (χ0) is 15.4. The molecule has 3 aromatic carbocycles. The third kappa shape index (κ3) is 2.91. The molecule has 0 amide bonds.